The quantitative estimate of drug-likeness (QED) is 0.937. The number of aliphatic hydroxyl groups is 1. The molecule has 0 bridgehead atoms. The topological polar surface area (TPSA) is 55.2 Å². The van der Waals surface area contributed by atoms with Crippen LogP contribution in [0.15, 0.2) is 36.5 Å². The number of aliphatic hydroxyl groups excluding tert-OH is 1. The number of halogens is 3. The van der Waals surface area contributed by atoms with Crippen molar-refractivity contribution in [3.8, 4) is 5.75 Å². The van der Waals surface area contributed by atoms with E-state index in [1.54, 1.807) is 12.1 Å². The van der Waals surface area contributed by atoms with Gasteiger partial charge in [0.2, 0.25) is 0 Å². The first-order chi connectivity index (χ1) is 9.50. The second-order valence-electron chi connectivity index (χ2n) is 3.91. The lowest BCUT2D eigenvalue weighted by atomic mass is 10.3. The lowest BCUT2D eigenvalue weighted by Gasteiger charge is -2.10. The average Bonchev–Trinajstić information content (AvgIpc) is 2.45. The van der Waals surface area contributed by atoms with Crippen LogP contribution in [0.25, 0.3) is 0 Å². The first kappa shape index (κ1) is 14.3. The van der Waals surface area contributed by atoms with Crippen LogP contribution in [0.5, 0.6) is 5.75 Å². The summed E-state index contributed by atoms with van der Waals surface area (Å²) in [4.78, 5) is 7.37. The van der Waals surface area contributed by atoms with Gasteiger partial charge in [0.1, 0.15) is 23.7 Å². The van der Waals surface area contributed by atoms with Gasteiger partial charge in [-0.1, -0.05) is 6.07 Å². The molecule has 0 saturated carbocycles. The first-order valence-corrected chi connectivity index (χ1v) is 5.71. The van der Waals surface area contributed by atoms with Crippen molar-refractivity contribution in [1.82, 2.24) is 9.97 Å². The number of alkyl halides is 3. The molecule has 0 aliphatic heterocycles. The van der Waals surface area contributed by atoms with E-state index in [4.69, 9.17) is 9.84 Å². The highest BCUT2D eigenvalue weighted by Crippen LogP contribution is 2.27. The van der Waals surface area contributed by atoms with Crippen LogP contribution in [-0.2, 0) is 19.4 Å². The molecule has 0 fully saturated rings. The van der Waals surface area contributed by atoms with Gasteiger partial charge in [-0.05, 0) is 24.3 Å². The van der Waals surface area contributed by atoms with Crippen molar-refractivity contribution in [2.24, 2.45) is 0 Å². The number of rotatable bonds is 4. The standard InChI is InChI=1S/C13H11F3N2O2/c14-13(15,16)12-5-1-3-9(18-12)8-20-11-4-2-6-17-10(11)7-19/h1-6,19H,7-8H2. The van der Waals surface area contributed by atoms with E-state index in [-0.39, 0.29) is 18.9 Å². The molecule has 20 heavy (non-hydrogen) atoms. The Balaban J connectivity index is 2.11. The predicted octanol–water partition coefficient (Wildman–Crippen LogP) is 2.57. The van der Waals surface area contributed by atoms with E-state index in [1.165, 1.54) is 18.3 Å². The SMILES string of the molecule is OCc1ncccc1OCc1cccc(C(F)(F)F)n1. The van der Waals surface area contributed by atoms with Crippen LogP contribution in [0.4, 0.5) is 13.2 Å². The Labute approximate surface area is 112 Å². The zero-order valence-corrected chi connectivity index (χ0v) is 10.3. The second kappa shape index (κ2) is 5.87. The molecule has 2 aromatic rings. The van der Waals surface area contributed by atoms with E-state index in [0.29, 0.717) is 11.4 Å². The van der Waals surface area contributed by atoms with Crippen molar-refractivity contribution in [2.45, 2.75) is 19.4 Å². The molecule has 0 aliphatic rings. The summed E-state index contributed by atoms with van der Waals surface area (Å²) >= 11 is 0. The van der Waals surface area contributed by atoms with Crippen molar-refractivity contribution in [3.05, 3.63) is 53.6 Å². The molecule has 0 atom stereocenters. The number of nitrogens with zero attached hydrogens (tertiary/aromatic N) is 2. The van der Waals surface area contributed by atoms with Gasteiger partial charge in [-0.2, -0.15) is 13.2 Å². The summed E-state index contributed by atoms with van der Waals surface area (Å²) in [6.07, 6.45) is -3.00. The van der Waals surface area contributed by atoms with E-state index in [0.717, 1.165) is 6.07 Å². The van der Waals surface area contributed by atoms with Crippen molar-refractivity contribution in [3.63, 3.8) is 0 Å². The van der Waals surface area contributed by atoms with Gasteiger partial charge in [0.05, 0.1) is 12.3 Å². The number of hydrogen-bond donors (Lipinski definition) is 1. The van der Waals surface area contributed by atoms with Crippen molar-refractivity contribution < 1.29 is 23.0 Å². The Morgan fingerprint density at radius 3 is 2.65 bits per heavy atom. The lowest BCUT2D eigenvalue weighted by Crippen LogP contribution is -2.10. The maximum Gasteiger partial charge on any atom is 0.433 e. The van der Waals surface area contributed by atoms with Crippen LogP contribution >= 0.6 is 0 Å². The van der Waals surface area contributed by atoms with Crippen LogP contribution in [0.1, 0.15) is 17.1 Å². The van der Waals surface area contributed by atoms with Crippen LogP contribution in [-0.4, -0.2) is 15.1 Å². The van der Waals surface area contributed by atoms with Crippen molar-refractivity contribution >= 4 is 0 Å². The van der Waals surface area contributed by atoms with Crippen LogP contribution < -0.4 is 4.74 Å². The van der Waals surface area contributed by atoms with E-state index in [2.05, 4.69) is 9.97 Å². The minimum Gasteiger partial charge on any atom is -0.485 e. The summed E-state index contributed by atoms with van der Waals surface area (Å²) in [5.74, 6) is 0.314. The molecular formula is C13H11F3N2O2. The maximum atomic E-state index is 12.5. The smallest absolute Gasteiger partial charge is 0.433 e. The Kier molecular flexibility index (Phi) is 4.19. The molecule has 0 spiro atoms. The van der Waals surface area contributed by atoms with Gasteiger partial charge in [0.25, 0.3) is 0 Å². The molecule has 0 amide bonds. The van der Waals surface area contributed by atoms with Crippen molar-refractivity contribution in [1.29, 1.82) is 0 Å². The van der Waals surface area contributed by atoms with Gasteiger partial charge in [0.15, 0.2) is 0 Å². The Bertz CT molecular complexity index is 588. The van der Waals surface area contributed by atoms with Gasteiger partial charge >= 0.3 is 6.18 Å². The third-order valence-electron chi connectivity index (χ3n) is 2.47. The first-order valence-electron chi connectivity index (χ1n) is 5.71. The molecule has 0 radical (unpaired) electrons. The molecule has 1 N–H and O–H groups in total. The van der Waals surface area contributed by atoms with Gasteiger partial charge < -0.3 is 9.84 Å². The molecule has 0 saturated heterocycles. The summed E-state index contributed by atoms with van der Waals surface area (Å²) in [7, 11) is 0. The summed E-state index contributed by atoms with van der Waals surface area (Å²) in [6.45, 7) is -0.450. The zero-order chi connectivity index (χ0) is 14.6. The van der Waals surface area contributed by atoms with Gasteiger partial charge in [-0.15, -0.1) is 0 Å². The minimum absolute atomic E-state index is 0.136. The largest absolute Gasteiger partial charge is 0.485 e. The Hall–Kier alpha value is -2.15. The van der Waals surface area contributed by atoms with Crippen molar-refractivity contribution in [2.75, 3.05) is 0 Å². The van der Waals surface area contributed by atoms with E-state index in [9.17, 15) is 13.2 Å². The molecule has 0 aliphatic carbocycles. The van der Waals surface area contributed by atoms with Gasteiger partial charge in [-0.3, -0.25) is 4.98 Å². The molecule has 0 unspecified atom stereocenters. The van der Waals surface area contributed by atoms with Gasteiger partial charge in [0, 0.05) is 6.20 Å². The Morgan fingerprint density at radius 1 is 1.15 bits per heavy atom. The minimum atomic E-state index is -4.49. The highest BCUT2D eigenvalue weighted by Gasteiger charge is 2.32. The van der Waals surface area contributed by atoms with Crippen LogP contribution in [0.3, 0.4) is 0 Å². The highest BCUT2D eigenvalue weighted by atomic mass is 19.4. The molecular weight excluding hydrogens is 273 g/mol. The second-order valence-corrected chi connectivity index (χ2v) is 3.91. The number of ether oxygens (including phenoxy) is 1. The van der Waals surface area contributed by atoms with E-state index < -0.39 is 11.9 Å². The summed E-state index contributed by atoms with van der Waals surface area (Å²) in [5.41, 5.74) is -0.501. The maximum absolute atomic E-state index is 12.5. The van der Waals surface area contributed by atoms with Crippen LogP contribution in [0.2, 0.25) is 0 Å². The molecule has 0 aromatic carbocycles. The fourth-order valence-electron chi connectivity index (χ4n) is 1.54. The average molecular weight is 284 g/mol. The highest BCUT2D eigenvalue weighted by molar-refractivity contribution is 5.26. The van der Waals surface area contributed by atoms with E-state index in [1.807, 2.05) is 0 Å². The zero-order valence-electron chi connectivity index (χ0n) is 10.3. The normalized spacial score (nSPS) is 11.4. The lowest BCUT2D eigenvalue weighted by molar-refractivity contribution is -0.141. The molecule has 4 nitrogen and oxygen atoms in total. The fourth-order valence-corrected chi connectivity index (χ4v) is 1.54. The number of hydrogen-bond acceptors (Lipinski definition) is 4. The molecule has 2 aromatic heterocycles. The van der Waals surface area contributed by atoms with E-state index >= 15 is 0 Å². The van der Waals surface area contributed by atoms with Gasteiger partial charge in [-0.25, -0.2) is 4.98 Å². The third-order valence-corrected chi connectivity index (χ3v) is 2.47. The predicted molar refractivity (Wildman–Crippen MR) is 63.7 cm³/mol. The summed E-state index contributed by atoms with van der Waals surface area (Å²) in [6, 6.07) is 6.78. The van der Waals surface area contributed by atoms with Crippen LogP contribution in [0, 0.1) is 0 Å². The molecule has 7 heteroatoms. The molecule has 106 valence electrons. The monoisotopic (exact) mass is 284 g/mol. The molecule has 2 rings (SSSR count). The number of pyridine rings is 2. The summed E-state index contributed by atoms with van der Waals surface area (Å²) < 4.78 is 42.8. The molecule has 2 heterocycles. The number of aromatic nitrogens is 2. The Morgan fingerprint density at radius 2 is 1.95 bits per heavy atom. The summed E-state index contributed by atoms with van der Waals surface area (Å²) in [5, 5.41) is 9.06. The fraction of sp³-hybridized carbons (Fsp3) is 0.231. The third kappa shape index (κ3) is 3.45.